The van der Waals surface area contributed by atoms with Crippen molar-refractivity contribution in [1.82, 2.24) is 9.97 Å². The summed E-state index contributed by atoms with van der Waals surface area (Å²) in [5, 5.41) is 0.261. The summed E-state index contributed by atoms with van der Waals surface area (Å²) in [5.41, 5.74) is 0.507. The van der Waals surface area contributed by atoms with Gasteiger partial charge in [-0.1, -0.05) is 17.7 Å². The van der Waals surface area contributed by atoms with E-state index in [0.29, 0.717) is 5.82 Å². The molecule has 0 fully saturated rings. The van der Waals surface area contributed by atoms with Crippen LogP contribution in [0.1, 0.15) is 11.4 Å². The maximum atomic E-state index is 13.7. The lowest BCUT2D eigenvalue weighted by molar-refractivity contribution is 0.590. The molecule has 0 radical (unpaired) electrons. The minimum Gasteiger partial charge on any atom is -0.342 e. The molecule has 3 rings (SSSR count). The summed E-state index contributed by atoms with van der Waals surface area (Å²) in [6.45, 7) is 0. The minimum absolute atomic E-state index is 0.0221. The average Bonchev–Trinajstić information content (AvgIpc) is 2.77. The summed E-state index contributed by atoms with van der Waals surface area (Å²) in [7, 11) is 0. The Kier molecular flexibility index (Phi) is 3.14. The summed E-state index contributed by atoms with van der Waals surface area (Å²) >= 11 is 5.92. The second-order valence-electron chi connectivity index (χ2n) is 4.34. The molecule has 3 aromatic rings. The highest BCUT2D eigenvalue weighted by Crippen LogP contribution is 2.23. The molecule has 0 amide bonds. The SMILES string of the molecule is Fc1cc(F)c2nc(Cc3c(F)cccc3Cl)[nH]c2c1. The van der Waals surface area contributed by atoms with Crippen LogP contribution >= 0.6 is 11.6 Å². The lowest BCUT2D eigenvalue weighted by atomic mass is 10.1. The molecule has 2 nitrogen and oxygen atoms in total. The Morgan fingerprint density at radius 3 is 2.65 bits per heavy atom. The quantitative estimate of drug-likeness (QED) is 0.753. The fraction of sp³-hybridized carbons (Fsp3) is 0.0714. The molecular formula is C14H8ClF3N2. The summed E-state index contributed by atoms with van der Waals surface area (Å²) in [4.78, 5) is 6.77. The number of benzene rings is 2. The van der Waals surface area contributed by atoms with Gasteiger partial charge < -0.3 is 4.98 Å². The number of H-pyrrole nitrogens is 1. The highest BCUT2D eigenvalue weighted by atomic mass is 35.5. The molecule has 20 heavy (non-hydrogen) atoms. The van der Waals surface area contributed by atoms with Crippen LogP contribution in [0, 0.1) is 17.5 Å². The Bertz CT molecular complexity index is 778. The lowest BCUT2D eigenvalue weighted by Crippen LogP contribution is -1.95. The number of imidazole rings is 1. The highest BCUT2D eigenvalue weighted by molar-refractivity contribution is 6.31. The van der Waals surface area contributed by atoms with Gasteiger partial charge in [-0.05, 0) is 18.2 Å². The molecule has 0 atom stereocenters. The number of hydrogen-bond acceptors (Lipinski definition) is 1. The number of nitrogens with zero attached hydrogens (tertiary/aromatic N) is 1. The van der Waals surface area contributed by atoms with Gasteiger partial charge in [0.25, 0.3) is 0 Å². The first-order chi connectivity index (χ1) is 9.54. The van der Waals surface area contributed by atoms with E-state index in [-0.39, 0.29) is 28.0 Å². The van der Waals surface area contributed by atoms with Crippen molar-refractivity contribution in [2.75, 3.05) is 0 Å². The normalized spacial score (nSPS) is 11.2. The van der Waals surface area contributed by atoms with Crippen LogP contribution in [0.2, 0.25) is 5.02 Å². The van der Waals surface area contributed by atoms with Crippen molar-refractivity contribution in [3.8, 4) is 0 Å². The standard InChI is InChI=1S/C14H8ClF3N2/c15-9-2-1-3-10(17)8(9)6-13-19-12-5-7(16)4-11(18)14(12)20-13/h1-5H,6H2,(H,19,20). The van der Waals surface area contributed by atoms with Crippen LogP contribution in [0.3, 0.4) is 0 Å². The highest BCUT2D eigenvalue weighted by Gasteiger charge is 2.13. The van der Waals surface area contributed by atoms with Crippen molar-refractivity contribution >= 4 is 22.6 Å². The Morgan fingerprint density at radius 1 is 1.10 bits per heavy atom. The molecule has 102 valence electrons. The third-order valence-electron chi connectivity index (χ3n) is 2.96. The predicted octanol–water partition coefficient (Wildman–Crippen LogP) is 4.22. The Hall–Kier alpha value is -2.01. The number of fused-ring (bicyclic) bond motifs is 1. The number of rotatable bonds is 2. The molecule has 0 aliphatic carbocycles. The number of nitrogens with one attached hydrogen (secondary N) is 1. The molecule has 0 bridgehead atoms. The average molecular weight is 297 g/mol. The molecule has 0 aliphatic heterocycles. The second kappa shape index (κ2) is 4.83. The number of halogens is 4. The third-order valence-corrected chi connectivity index (χ3v) is 3.31. The van der Waals surface area contributed by atoms with Gasteiger partial charge in [0, 0.05) is 23.1 Å². The molecular weight excluding hydrogens is 289 g/mol. The molecule has 0 spiro atoms. The van der Waals surface area contributed by atoms with Gasteiger partial charge in [0.05, 0.1) is 5.52 Å². The topological polar surface area (TPSA) is 28.7 Å². The van der Waals surface area contributed by atoms with E-state index in [1.165, 1.54) is 12.1 Å². The fourth-order valence-electron chi connectivity index (χ4n) is 2.05. The summed E-state index contributed by atoms with van der Waals surface area (Å²) in [5.74, 6) is -1.61. The zero-order chi connectivity index (χ0) is 14.3. The van der Waals surface area contributed by atoms with E-state index in [4.69, 9.17) is 11.6 Å². The smallest absolute Gasteiger partial charge is 0.153 e. The van der Waals surface area contributed by atoms with Crippen LogP contribution in [0.25, 0.3) is 11.0 Å². The van der Waals surface area contributed by atoms with E-state index in [9.17, 15) is 13.2 Å². The van der Waals surface area contributed by atoms with Crippen molar-refractivity contribution in [3.63, 3.8) is 0 Å². The van der Waals surface area contributed by atoms with Gasteiger partial charge in [-0.3, -0.25) is 0 Å². The van der Waals surface area contributed by atoms with Gasteiger partial charge in [-0.2, -0.15) is 0 Å². The zero-order valence-electron chi connectivity index (χ0n) is 10.1. The van der Waals surface area contributed by atoms with E-state index >= 15 is 0 Å². The van der Waals surface area contributed by atoms with Crippen molar-refractivity contribution in [2.24, 2.45) is 0 Å². The van der Waals surface area contributed by atoms with Gasteiger partial charge in [0.15, 0.2) is 5.82 Å². The summed E-state index contributed by atoms with van der Waals surface area (Å²) < 4.78 is 40.3. The van der Waals surface area contributed by atoms with E-state index < -0.39 is 17.5 Å². The van der Waals surface area contributed by atoms with Crippen molar-refractivity contribution in [1.29, 1.82) is 0 Å². The van der Waals surface area contributed by atoms with Crippen LogP contribution in [-0.4, -0.2) is 9.97 Å². The monoisotopic (exact) mass is 296 g/mol. The van der Waals surface area contributed by atoms with Crippen LogP contribution < -0.4 is 0 Å². The zero-order valence-corrected chi connectivity index (χ0v) is 10.8. The van der Waals surface area contributed by atoms with Gasteiger partial charge in [0.1, 0.15) is 23.0 Å². The molecule has 2 aromatic carbocycles. The largest absolute Gasteiger partial charge is 0.342 e. The van der Waals surface area contributed by atoms with E-state index in [2.05, 4.69) is 9.97 Å². The summed E-state index contributed by atoms with van der Waals surface area (Å²) in [6, 6.07) is 6.22. The molecule has 1 heterocycles. The molecule has 0 saturated carbocycles. The van der Waals surface area contributed by atoms with Gasteiger partial charge in [-0.25, -0.2) is 18.2 Å². The van der Waals surface area contributed by atoms with Crippen LogP contribution in [0.5, 0.6) is 0 Å². The maximum Gasteiger partial charge on any atom is 0.153 e. The number of aromatic amines is 1. The first kappa shape index (κ1) is 13.0. The molecule has 0 unspecified atom stereocenters. The first-order valence-electron chi connectivity index (χ1n) is 5.81. The Morgan fingerprint density at radius 2 is 1.90 bits per heavy atom. The second-order valence-corrected chi connectivity index (χ2v) is 4.75. The van der Waals surface area contributed by atoms with Gasteiger partial charge >= 0.3 is 0 Å². The van der Waals surface area contributed by atoms with Gasteiger partial charge in [0.2, 0.25) is 0 Å². The first-order valence-corrected chi connectivity index (χ1v) is 6.19. The van der Waals surface area contributed by atoms with E-state index in [0.717, 1.165) is 12.1 Å². The molecule has 0 saturated heterocycles. The summed E-state index contributed by atoms with van der Waals surface area (Å²) in [6.07, 6.45) is 0.0707. The Balaban J connectivity index is 2.06. The number of aromatic nitrogens is 2. The fourth-order valence-corrected chi connectivity index (χ4v) is 2.28. The van der Waals surface area contributed by atoms with Gasteiger partial charge in [-0.15, -0.1) is 0 Å². The van der Waals surface area contributed by atoms with Crippen LogP contribution in [0.15, 0.2) is 30.3 Å². The third kappa shape index (κ3) is 2.25. The van der Waals surface area contributed by atoms with Crippen molar-refractivity contribution in [2.45, 2.75) is 6.42 Å². The van der Waals surface area contributed by atoms with E-state index in [1.54, 1.807) is 6.07 Å². The van der Waals surface area contributed by atoms with Crippen molar-refractivity contribution in [3.05, 3.63) is 64.2 Å². The predicted molar refractivity (Wildman–Crippen MR) is 70.2 cm³/mol. The van der Waals surface area contributed by atoms with Crippen molar-refractivity contribution < 1.29 is 13.2 Å². The minimum atomic E-state index is -0.762. The number of hydrogen-bond donors (Lipinski definition) is 1. The van der Waals surface area contributed by atoms with E-state index in [1.807, 2.05) is 0 Å². The molecule has 1 aromatic heterocycles. The maximum absolute atomic E-state index is 13.7. The molecule has 0 aliphatic rings. The van der Waals surface area contributed by atoms with Crippen LogP contribution in [-0.2, 0) is 6.42 Å². The molecule has 1 N–H and O–H groups in total. The Labute approximate surface area is 117 Å². The molecule has 6 heteroatoms. The lowest BCUT2D eigenvalue weighted by Gasteiger charge is -2.03. The van der Waals surface area contributed by atoms with Crippen LogP contribution in [0.4, 0.5) is 13.2 Å².